The normalized spacial score (nSPS) is 15.4. The lowest BCUT2D eigenvalue weighted by Gasteiger charge is -2.35. The minimum atomic E-state index is -3.61. The average Bonchev–Trinajstić information content (AvgIpc) is 3.21. The Kier molecular flexibility index (Phi) is 8.37. The Labute approximate surface area is 225 Å². The summed E-state index contributed by atoms with van der Waals surface area (Å²) in [7, 11) is 1.59. The zero-order chi connectivity index (χ0) is 26.7. The second-order valence-electron chi connectivity index (χ2n) is 8.90. The molecule has 1 saturated heterocycles. The minimum absolute atomic E-state index is 0.0668. The Morgan fingerprint density at radius 3 is 2.43 bits per heavy atom. The molecule has 0 atom stereocenters. The SMILES string of the molecule is C/N=c1\sc(C(=O)NC)c(CN2CCN(C(=O)CCS(=O)(=O)c3ccc4cc(Cl)ccc4c3)CC2)n1C. The molecular formula is C25H30ClN5O4S2. The summed E-state index contributed by atoms with van der Waals surface area (Å²) in [5.41, 5.74) is 0.883. The fourth-order valence-electron chi connectivity index (χ4n) is 4.40. The lowest BCUT2D eigenvalue weighted by Crippen LogP contribution is -2.48. The molecule has 1 aliphatic rings. The first-order valence-electron chi connectivity index (χ1n) is 11.9. The van der Waals surface area contributed by atoms with E-state index in [1.54, 1.807) is 55.4 Å². The van der Waals surface area contributed by atoms with Crippen LogP contribution < -0.4 is 10.1 Å². The van der Waals surface area contributed by atoms with Crippen molar-refractivity contribution in [3.05, 3.63) is 56.8 Å². The number of carbonyl (C=O) groups is 2. The molecule has 0 radical (unpaired) electrons. The number of aromatic nitrogens is 1. The van der Waals surface area contributed by atoms with Gasteiger partial charge in [0.05, 0.1) is 16.3 Å². The Balaban J connectivity index is 1.35. The van der Waals surface area contributed by atoms with Crippen LogP contribution in [0.25, 0.3) is 10.8 Å². The summed E-state index contributed by atoms with van der Waals surface area (Å²) < 4.78 is 27.7. The van der Waals surface area contributed by atoms with E-state index in [4.69, 9.17) is 11.6 Å². The molecule has 37 heavy (non-hydrogen) atoms. The molecule has 0 saturated carbocycles. The summed E-state index contributed by atoms with van der Waals surface area (Å²) in [4.78, 5) is 34.9. The van der Waals surface area contributed by atoms with Crippen LogP contribution >= 0.6 is 22.9 Å². The second-order valence-corrected chi connectivity index (χ2v) is 12.4. The highest BCUT2D eigenvalue weighted by Crippen LogP contribution is 2.24. The largest absolute Gasteiger partial charge is 0.354 e. The van der Waals surface area contributed by atoms with Crippen LogP contribution in [0.4, 0.5) is 0 Å². The molecule has 9 nitrogen and oxygen atoms in total. The molecule has 12 heteroatoms. The number of hydrogen-bond donors (Lipinski definition) is 1. The monoisotopic (exact) mass is 563 g/mol. The zero-order valence-electron chi connectivity index (χ0n) is 21.0. The van der Waals surface area contributed by atoms with Crippen molar-refractivity contribution in [2.75, 3.05) is 46.0 Å². The zero-order valence-corrected chi connectivity index (χ0v) is 23.4. The molecule has 2 amide bonds. The molecule has 2 aromatic carbocycles. The fourth-order valence-corrected chi connectivity index (χ4v) is 6.88. The van der Waals surface area contributed by atoms with Crippen molar-refractivity contribution >= 4 is 55.4 Å². The quantitative estimate of drug-likeness (QED) is 0.475. The number of hydrogen-bond acceptors (Lipinski definition) is 7. The topological polar surface area (TPSA) is 104 Å². The van der Waals surface area contributed by atoms with Gasteiger partial charge in [0.25, 0.3) is 5.91 Å². The van der Waals surface area contributed by atoms with Gasteiger partial charge >= 0.3 is 0 Å². The van der Waals surface area contributed by atoms with E-state index in [9.17, 15) is 18.0 Å². The Hall–Kier alpha value is -2.73. The first-order valence-corrected chi connectivity index (χ1v) is 14.7. The smallest absolute Gasteiger partial charge is 0.263 e. The molecule has 1 fully saturated rings. The maximum absolute atomic E-state index is 12.9. The molecule has 2 heterocycles. The highest BCUT2D eigenvalue weighted by atomic mass is 35.5. The summed E-state index contributed by atoms with van der Waals surface area (Å²) >= 11 is 7.36. The predicted molar refractivity (Wildman–Crippen MR) is 146 cm³/mol. The van der Waals surface area contributed by atoms with Gasteiger partial charge in [-0.2, -0.15) is 0 Å². The van der Waals surface area contributed by atoms with Crippen LogP contribution in [0, 0.1) is 0 Å². The van der Waals surface area contributed by atoms with Crippen molar-refractivity contribution in [2.24, 2.45) is 12.0 Å². The van der Waals surface area contributed by atoms with Crippen LogP contribution in [0.1, 0.15) is 21.8 Å². The maximum atomic E-state index is 12.9. The number of thiazole rings is 1. The number of rotatable bonds is 7. The number of nitrogens with one attached hydrogen (secondary N) is 1. The van der Waals surface area contributed by atoms with E-state index < -0.39 is 9.84 Å². The summed E-state index contributed by atoms with van der Waals surface area (Å²) in [6.45, 7) is 2.84. The van der Waals surface area contributed by atoms with E-state index in [0.717, 1.165) is 21.3 Å². The lowest BCUT2D eigenvalue weighted by molar-refractivity contribution is -0.132. The van der Waals surface area contributed by atoms with Crippen molar-refractivity contribution in [1.82, 2.24) is 19.7 Å². The summed E-state index contributed by atoms with van der Waals surface area (Å²) in [6.07, 6.45) is -0.0668. The van der Waals surface area contributed by atoms with Crippen LogP contribution in [0.2, 0.25) is 5.02 Å². The lowest BCUT2D eigenvalue weighted by atomic mass is 10.1. The van der Waals surface area contributed by atoms with Gasteiger partial charge in [0, 0.05) is 65.3 Å². The van der Waals surface area contributed by atoms with Crippen molar-refractivity contribution in [1.29, 1.82) is 0 Å². The van der Waals surface area contributed by atoms with Crippen molar-refractivity contribution in [2.45, 2.75) is 17.9 Å². The third-order valence-electron chi connectivity index (χ3n) is 6.59. The van der Waals surface area contributed by atoms with Crippen LogP contribution in [0.3, 0.4) is 0 Å². The molecule has 0 aliphatic carbocycles. The first-order chi connectivity index (χ1) is 17.6. The number of piperazine rings is 1. The van der Waals surface area contributed by atoms with Gasteiger partial charge in [-0.1, -0.05) is 35.1 Å². The first kappa shape index (κ1) is 27.3. The number of fused-ring (bicyclic) bond motifs is 1. The van der Waals surface area contributed by atoms with Crippen molar-refractivity contribution in [3.63, 3.8) is 0 Å². The number of benzene rings is 2. The molecule has 0 spiro atoms. The molecular weight excluding hydrogens is 534 g/mol. The van der Waals surface area contributed by atoms with Gasteiger partial charge in [-0.15, -0.1) is 0 Å². The standard InChI is InChI=1S/C25H30ClN5O4S2/c1-27-24(33)23-21(29(3)25(28-2)36-23)16-30-9-11-31(12-10-30)22(32)8-13-37(34,35)20-7-5-17-14-19(26)6-4-18(17)15-20/h4-7,14-15H,8-13,16H2,1-3H3,(H,27,33)/b28-25-. The van der Waals surface area contributed by atoms with Gasteiger partial charge in [-0.25, -0.2) is 8.42 Å². The van der Waals surface area contributed by atoms with Gasteiger partial charge < -0.3 is 14.8 Å². The third kappa shape index (κ3) is 6.06. The van der Waals surface area contributed by atoms with E-state index in [1.807, 2.05) is 11.6 Å². The third-order valence-corrected chi connectivity index (χ3v) is 9.80. The van der Waals surface area contributed by atoms with Gasteiger partial charge in [-0.05, 0) is 35.0 Å². The average molecular weight is 564 g/mol. The van der Waals surface area contributed by atoms with E-state index >= 15 is 0 Å². The molecule has 1 aromatic heterocycles. The Morgan fingerprint density at radius 1 is 1.08 bits per heavy atom. The fraction of sp³-hybridized carbons (Fsp3) is 0.400. The molecule has 4 rings (SSSR count). The van der Waals surface area contributed by atoms with Gasteiger partial charge in [0.1, 0.15) is 4.88 Å². The molecule has 0 unspecified atom stereocenters. The minimum Gasteiger partial charge on any atom is -0.354 e. The van der Waals surface area contributed by atoms with Gasteiger partial charge in [0.2, 0.25) is 5.91 Å². The summed E-state index contributed by atoms with van der Waals surface area (Å²) in [6, 6.07) is 10.2. The van der Waals surface area contributed by atoms with Gasteiger partial charge in [-0.3, -0.25) is 19.5 Å². The number of halogens is 1. The van der Waals surface area contributed by atoms with E-state index in [-0.39, 0.29) is 28.9 Å². The number of sulfone groups is 1. The molecule has 198 valence electrons. The second kappa shape index (κ2) is 11.3. The Bertz CT molecular complexity index is 1500. The van der Waals surface area contributed by atoms with Gasteiger partial charge in [0.15, 0.2) is 14.6 Å². The highest BCUT2D eigenvalue weighted by molar-refractivity contribution is 7.91. The predicted octanol–water partition coefficient (Wildman–Crippen LogP) is 2.29. The van der Waals surface area contributed by atoms with E-state index in [2.05, 4.69) is 15.2 Å². The van der Waals surface area contributed by atoms with Crippen LogP contribution in [0.15, 0.2) is 46.3 Å². The number of amides is 2. The molecule has 0 bridgehead atoms. The van der Waals surface area contributed by atoms with Crippen molar-refractivity contribution in [3.8, 4) is 0 Å². The molecule has 1 N–H and O–H groups in total. The van der Waals surface area contributed by atoms with Crippen molar-refractivity contribution < 1.29 is 18.0 Å². The number of nitrogens with zero attached hydrogens (tertiary/aromatic N) is 4. The summed E-state index contributed by atoms with van der Waals surface area (Å²) in [5, 5.41) is 4.92. The molecule has 3 aromatic rings. The molecule has 1 aliphatic heterocycles. The van der Waals surface area contributed by atoms with Crippen LogP contribution in [0.5, 0.6) is 0 Å². The van der Waals surface area contributed by atoms with Crippen LogP contribution in [-0.4, -0.2) is 80.6 Å². The number of carbonyl (C=O) groups excluding carboxylic acids is 2. The van der Waals surface area contributed by atoms with E-state index in [1.165, 1.54) is 11.3 Å². The van der Waals surface area contributed by atoms with Crippen LogP contribution in [-0.2, 0) is 28.2 Å². The maximum Gasteiger partial charge on any atom is 0.263 e. The Morgan fingerprint density at radius 2 is 1.76 bits per heavy atom. The highest BCUT2D eigenvalue weighted by Gasteiger charge is 2.26. The summed E-state index contributed by atoms with van der Waals surface area (Å²) in [5.74, 6) is -0.556. The van der Waals surface area contributed by atoms with E-state index in [0.29, 0.717) is 42.6 Å².